The second-order valence-electron chi connectivity index (χ2n) is 6.43. The zero-order valence-electron chi connectivity index (χ0n) is 12.3. The maximum atomic E-state index is 12.2. The zero-order chi connectivity index (χ0) is 13.7. The van der Waals surface area contributed by atoms with Crippen LogP contribution in [0, 0.1) is 11.8 Å². The Labute approximate surface area is 117 Å². The number of carbonyl (C=O) groups is 1. The van der Waals surface area contributed by atoms with Crippen LogP contribution in [0.1, 0.15) is 68.3 Å². The van der Waals surface area contributed by atoms with Gasteiger partial charge in [0.15, 0.2) is 5.78 Å². The SMILES string of the molecule is CC(C)Cc1ccc(C(=O)CC2CCCCC2)cc1. The smallest absolute Gasteiger partial charge is 0.163 e. The normalized spacial score (nSPS) is 16.8. The molecule has 0 amide bonds. The molecule has 0 aromatic heterocycles. The molecule has 19 heavy (non-hydrogen) atoms. The van der Waals surface area contributed by atoms with E-state index in [0.29, 0.717) is 17.6 Å². The maximum Gasteiger partial charge on any atom is 0.163 e. The third kappa shape index (κ3) is 4.49. The van der Waals surface area contributed by atoms with Crippen LogP contribution >= 0.6 is 0 Å². The quantitative estimate of drug-likeness (QED) is 0.676. The molecule has 0 aliphatic heterocycles. The highest BCUT2D eigenvalue weighted by Crippen LogP contribution is 2.27. The first-order valence-corrected chi connectivity index (χ1v) is 7.77. The van der Waals surface area contributed by atoms with Gasteiger partial charge in [0, 0.05) is 12.0 Å². The summed E-state index contributed by atoms with van der Waals surface area (Å²) in [5.41, 5.74) is 2.24. The number of hydrogen-bond donors (Lipinski definition) is 0. The van der Waals surface area contributed by atoms with Crippen molar-refractivity contribution in [1.82, 2.24) is 0 Å². The van der Waals surface area contributed by atoms with Crippen molar-refractivity contribution in [2.75, 3.05) is 0 Å². The first-order chi connectivity index (χ1) is 9.15. The Morgan fingerprint density at radius 1 is 1.11 bits per heavy atom. The summed E-state index contributed by atoms with van der Waals surface area (Å²) in [6.07, 6.45) is 8.32. The molecule has 0 saturated heterocycles. The van der Waals surface area contributed by atoms with E-state index in [-0.39, 0.29) is 0 Å². The molecule has 1 heteroatoms. The van der Waals surface area contributed by atoms with Gasteiger partial charge < -0.3 is 0 Å². The van der Waals surface area contributed by atoms with E-state index in [1.807, 2.05) is 12.1 Å². The monoisotopic (exact) mass is 258 g/mol. The van der Waals surface area contributed by atoms with Gasteiger partial charge in [0.25, 0.3) is 0 Å². The molecule has 1 aliphatic rings. The fourth-order valence-electron chi connectivity index (χ4n) is 3.07. The predicted molar refractivity (Wildman–Crippen MR) is 80.5 cm³/mol. The van der Waals surface area contributed by atoms with Crippen LogP contribution in [-0.4, -0.2) is 5.78 Å². The second-order valence-corrected chi connectivity index (χ2v) is 6.43. The van der Waals surface area contributed by atoms with Crippen LogP contribution in [0.3, 0.4) is 0 Å². The van der Waals surface area contributed by atoms with E-state index < -0.39 is 0 Å². The van der Waals surface area contributed by atoms with Gasteiger partial charge in [0.2, 0.25) is 0 Å². The van der Waals surface area contributed by atoms with Crippen molar-refractivity contribution in [3.63, 3.8) is 0 Å². The van der Waals surface area contributed by atoms with Gasteiger partial charge in [-0.05, 0) is 23.8 Å². The minimum absolute atomic E-state index is 0.336. The van der Waals surface area contributed by atoms with Gasteiger partial charge in [0.05, 0.1) is 0 Å². The highest BCUT2D eigenvalue weighted by molar-refractivity contribution is 5.96. The third-order valence-corrected chi connectivity index (χ3v) is 4.12. The number of hydrogen-bond acceptors (Lipinski definition) is 1. The van der Waals surface area contributed by atoms with E-state index in [1.54, 1.807) is 0 Å². The molecule has 1 aliphatic carbocycles. The minimum Gasteiger partial charge on any atom is -0.294 e. The first-order valence-electron chi connectivity index (χ1n) is 7.77. The Morgan fingerprint density at radius 3 is 2.32 bits per heavy atom. The van der Waals surface area contributed by atoms with Crippen molar-refractivity contribution in [2.24, 2.45) is 11.8 Å². The Morgan fingerprint density at radius 2 is 1.74 bits per heavy atom. The van der Waals surface area contributed by atoms with Crippen molar-refractivity contribution in [2.45, 2.75) is 58.8 Å². The molecular weight excluding hydrogens is 232 g/mol. The van der Waals surface area contributed by atoms with Gasteiger partial charge in [0.1, 0.15) is 0 Å². The summed E-state index contributed by atoms with van der Waals surface area (Å²) in [6.45, 7) is 4.45. The molecule has 0 unspecified atom stereocenters. The van der Waals surface area contributed by atoms with Crippen LogP contribution < -0.4 is 0 Å². The summed E-state index contributed by atoms with van der Waals surface area (Å²) < 4.78 is 0. The molecule has 104 valence electrons. The van der Waals surface area contributed by atoms with E-state index in [2.05, 4.69) is 26.0 Å². The summed E-state index contributed by atoms with van der Waals surface area (Å²) in [5.74, 6) is 1.64. The molecule has 1 nitrogen and oxygen atoms in total. The van der Waals surface area contributed by atoms with Gasteiger partial charge in [-0.25, -0.2) is 0 Å². The summed E-state index contributed by atoms with van der Waals surface area (Å²) in [7, 11) is 0. The molecular formula is C18H26O. The fourth-order valence-corrected chi connectivity index (χ4v) is 3.07. The Bertz CT molecular complexity index is 396. The van der Waals surface area contributed by atoms with Crippen molar-refractivity contribution in [3.8, 4) is 0 Å². The lowest BCUT2D eigenvalue weighted by Gasteiger charge is -2.20. The van der Waals surface area contributed by atoms with E-state index in [4.69, 9.17) is 0 Å². The first kappa shape index (κ1) is 14.3. The largest absolute Gasteiger partial charge is 0.294 e. The van der Waals surface area contributed by atoms with Crippen LogP contribution in [-0.2, 0) is 6.42 Å². The van der Waals surface area contributed by atoms with Gasteiger partial charge in [-0.3, -0.25) is 4.79 Å². The van der Waals surface area contributed by atoms with Gasteiger partial charge in [-0.15, -0.1) is 0 Å². The standard InChI is InChI=1S/C18H26O/c1-14(2)12-16-8-10-17(11-9-16)18(19)13-15-6-4-3-5-7-15/h8-11,14-15H,3-7,12-13H2,1-2H3. The lowest BCUT2D eigenvalue weighted by Crippen LogP contribution is -2.12. The molecule has 1 aromatic rings. The Balaban J connectivity index is 1.91. The summed E-state index contributed by atoms with van der Waals surface area (Å²) in [4.78, 5) is 12.2. The second kappa shape index (κ2) is 6.88. The third-order valence-electron chi connectivity index (χ3n) is 4.12. The van der Waals surface area contributed by atoms with E-state index >= 15 is 0 Å². The molecule has 0 spiro atoms. The van der Waals surface area contributed by atoms with Crippen molar-refractivity contribution in [3.05, 3.63) is 35.4 Å². The number of carbonyl (C=O) groups excluding carboxylic acids is 1. The molecule has 0 heterocycles. The molecule has 0 radical (unpaired) electrons. The van der Waals surface area contributed by atoms with Crippen LogP contribution in [0.15, 0.2) is 24.3 Å². The molecule has 1 fully saturated rings. The van der Waals surface area contributed by atoms with Gasteiger partial charge >= 0.3 is 0 Å². The zero-order valence-corrected chi connectivity index (χ0v) is 12.3. The van der Waals surface area contributed by atoms with Crippen LogP contribution in [0.4, 0.5) is 0 Å². The predicted octanol–water partition coefficient (Wildman–Crippen LogP) is 5.04. The van der Waals surface area contributed by atoms with Gasteiger partial charge in [-0.1, -0.05) is 70.2 Å². The van der Waals surface area contributed by atoms with Crippen LogP contribution in [0.25, 0.3) is 0 Å². The Kier molecular flexibility index (Phi) is 5.18. The lowest BCUT2D eigenvalue weighted by molar-refractivity contribution is 0.0950. The molecule has 0 bridgehead atoms. The van der Waals surface area contributed by atoms with Crippen molar-refractivity contribution in [1.29, 1.82) is 0 Å². The number of benzene rings is 1. The van der Waals surface area contributed by atoms with Crippen LogP contribution in [0.2, 0.25) is 0 Å². The number of Topliss-reactive ketones (excluding diaryl/α,β-unsaturated/α-hetero) is 1. The summed E-state index contributed by atoms with van der Waals surface area (Å²) >= 11 is 0. The van der Waals surface area contributed by atoms with Gasteiger partial charge in [-0.2, -0.15) is 0 Å². The molecule has 1 saturated carbocycles. The van der Waals surface area contributed by atoms with E-state index in [1.165, 1.54) is 37.7 Å². The highest BCUT2D eigenvalue weighted by atomic mass is 16.1. The average Bonchev–Trinajstić information content (AvgIpc) is 2.40. The maximum absolute atomic E-state index is 12.2. The molecule has 1 aromatic carbocycles. The Hall–Kier alpha value is -1.11. The van der Waals surface area contributed by atoms with E-state index in [9.17, 15) is 4.79 Å². The fraction of sp³-hybridized carbons (Fsp3) is 0.611. The molecule has 0 atom stereocenters. The molecule has 0 N–H and O–H groups in total. The summed E-state index contributed by atoms with van der Waals surface area (Å²) in [6, 6.07) is 8.27. The topological polar surface area (TPSA) is 17.1 Å². The molecule has 2 rings (SSSR count). The van der Waals surface area contributed by atoms with Crippen molar-refractivity contribution >= 4 is 5.78 Å². The highest BCUT2D eigenvalue weighted by Gasteiger charge is 2.17. The van der Waals surface area contributed by atoms with E-state index in [0.717, 1.165) is 18.4 Å². The van der Waals surface area contributed by atoms with Crippen LogP contribution in [0.5, 0.6) is 0 Å². The lowest BCUT2D eigenvalue weighted by atomic mass is 9.84. The van der Waals surface area contributed by atoms with Crippen molar-refractivity contribution < 1.29 is 4.79 Å². The summed E-state index contributed by atoms with van der Waals surface area (Å²) in [5, 5.41) is 0. The average molecular weight is 258 g/mol. The minimum atomic E-state index is 0.336. The number of ketones is 1. The number of rotatable bonds is 5.